The zero-order chi connectivity index (χ0) is 18.1. The topological polar surface area (TPSA) is 63.4 Å². The molecule has 0 radical (unpaired) electrons. The lowest BCUT2D eigenvalue weighted by molar-refractivity contribution is -0.384. The molecule has 1 N–H and O–H groups in total. The van der Waals surface area contributed by atoms with Gasteiger partial charge in [0.15, 0.2) is 0 Å². The molecule has 128 valence electrons. The third kappa shape index (κ3) is 5.42. The number of non-ortho nitro benzene ring substituents is 1. The number of aryl methyl sites for hydroxylation is 1. The summed E-state index contributed by atoms with van der Waals surface area (Å²) in [5.41, 5.74) is 2.11. The predicted molar refractivity (Wildman–Crippen MR) is 103 cm³/mol. The number of rotatable bonds is 7. The van der Waals surface area contributed by atoms with Crippen LogP contribution in [0.15, 0.2) is 58.4 Å². The second kappa shape index (κ2) is 9.78. The van der Waals surface area contributed by atoms with Crippen molar-refractivity contribution in [2.45, 2.75) is 34.1 Å². The number of nitro groups is 1. The molecule has 24 heavy (non-hydrogen) atoms. The summed E-state index contributed by atoms with van der Waals surface area (Å²) in [5.74, 6) is 0.0244. The smallest absolute Gasteiger partial charge is 0.270 e. The van der Waals surface area contributed by atoms with Crippen molar-refractivity contribution in [3.63, 3.8) is 0 Å². The van der Waals surface area contributed by atoms with Gasteiger partial charge in [-0.1, -0.05) is 43.0 Å². The van der Waals surface area contributed by atoms with Crippen molar-refractivity contribution in [3.05, 3.63) is 79.6 Å². The average Bonchev–Trinajstić information content (AvgIpc) is 2.55. The standard InChI is InChI=1S/C19H23NO3S/c1-5-8-15(19(7-3)24-11-6-2)12-18(21)17-13-16(20(22)23)10-9-14(17)4/h6-13,21H,5H2,1-4H3/b11-6-,15-8-,18-12+,19-7-. The third-order valence-electron chi connectivity index (χ3n) is 3.30. The zero-order valence-corrected chi connectivity index (χ0v) is 15.3. The van der Waals surface area contributed by atoms with Crippen molar-refractivity contribution in [2.24, 2.45) is 0 Å². The summed E-state index contributed by atoms with van der Waals surface area (Å²) in [5, 5.41) is 23.4. The molecule has 4 nitrogen and oxygen atoms in total. The van der Waals surface area contributed by atoms with E-state index in [0.29, 0.717) is 5.56 Å². The van der Waals surface area contributed by atoms with Gasteiger partial charge in [-0.25, -0.2) is 0 Å². The van der Waals surface area contributed by atoms with Crippen LogP contribution < -0.4 is 0 Å². The van der Waals surface area contributed by atoms with Crippen LogP contribution >= 0.6 is 11.8 Å². The van der Waals surface area contributed by atoms with Crippen LogP contribution in [0.2, 0.25) is 0 Å². The minimum absolute atomic E-state index is 0.0244. The first kappa shape index (κ1) is 19.8. The fourth-order valence-corrected chi connectivity index (χ4v) is 2.82. The number of allylic oxidation sites excluding steroid dienone is 5. The van der Waals surface area contributed by atoms with Crippen LogP contribution in [0, 0.1) is 17.0 Å². The van der Waals surface area contributed by atoms with Gasteiger partial charge >= 0.3 is 0 Å². The van der Waals surface area contributed by atoms with Crippen molar-refractivity contribution < 1.29 is 10.0 Å². The number of nitrogens with zero attached hydrogens (tertiary/aromatic N) is 1. The highest BCUT2D eigenvalue weighted by Crippen LogP contribution is 2.30. The lowest BCUT2D eigenvalue weighted by Gasteiger charge is -2.09. The fraction of sp³-hybridized carbons (Fsp3) is 0.263. The van der Waals surface area contributed by atoms with Crippen LogP contribution in [0.4, 0.5) is 5.69 Å². The molecule has 0 unspecified atom stereocenters. The Morgan fingerprint density at radius 1 is 1.38 bits per heavy atom. The summed E-state index contributed by atoms with van der Waals surface area (Å²) in [4.78, 5) is 11.5. The van der Waals surface area contributed by atoms with Crippen molar-refractivity contribution in [3.8, 4) is 0 Å². The Labute approximate surface area is 147 Å². The van der Waals surface area contributed by atoms with Gasteiger partial charge in [0.25, 0.3) is 5.69 Å². The number of aliphatic hydroxyl groups is 1. The summed E-state index contributed by atoms with van der Waals surface area (Å²) in [7, 11) is 0. The number of hydrogen-bond acceptors (Lipinski definition) is 4. The first-order valence-corrected chi connectivity index (χ1v) is 8.63. The van der Waals surface area contributed by atoms with Gasteiger partial charge in [-0.2, -0.15) is 0 Å². The normalized spacial score (nSPS) is 13.6. The van der Waals surface area contributed by atoms with Crippen LogP contribution in [-0.2, 0) is 0 Å². The molecule has 0 amide bonds. The molecule has 0 aliphatic rings. The molecule has 0 heterocycles. The average molecular weight is 345 g/mol. The van der Waals surface area contributed by atoms with Crippen molar-refractivity contribution in [2.75, 3.05) is 0 Å². The molecule has 0 atom stereocenters. The molecule has 0 aliphatic heterocycles. The fourth-order valence-electron chi connectivity index (χ4n) is 2.12. The highest BCUT2D eigenvalue weighted by atomic mass is 32.2. The van der Waals surface area contributed by atoms with Crippen molar-refractivity contribution in [1.82, 2.24) is 0 Å². The lowest BCUT2D eigenvalue weighted by Crippen LogP contribution is -1.94. The van der Waals surface area contributed by atoms with E-state index in [9.17, 15) is 15.2 Å². The van der Waals surface area contributed by atoms with Crippen LogP contribution in [-0.4, -0.2) is 10.0 Å². The molecule has 1 aromatic rings. The van der Waals surface area contributed by atoms with E-state index in [1.54, 1.807) is 23.9 Å². The van der Waals surface area contributed by atoms with Crippen LogP contribution in [0.1, 0.15) is 38.3 Å². The first-order chi connectivity index (χ1) is 11.4. The SMILES string of the molecule is C/C=C\SC(=C\C)/C(=C\CC)/C=C(/O)c1cc([N+](=O)[O-])ccc1C. The van der Waals surface area contributed by atoms with E-state index in [4.69, 9.17) is 0 Å². The monoisotopic (exact) mass is 345 g/mol. The lowest BCUT2D eigenvalue weighted by atomic mass is 10.0. The largest absolute Gasteiger partial charge is 0.507 e. The molecule has 5 heteroatoms. The van der Waals surface area contributed by atoms with Gasteiger partial charge in [-0.15, -0.1) is 0 Å². The van der Waals surface area contributed by atoms with Crippen molar-refractivity contribution >= 4 is 23.2 Å². The zero-order valence-electron chi connectivity index (χ0n) is 14.4. The van der Waals surface area contributed by atoms with Gasteiger partial charge in [-0.3, -0.25) is 10.1 Å². The molecule has 0 bridgehead atoms. The van der Waals surface area contributed by atoms with Gasteiger partial charge in [0.1, 0.15) is 5.76 Å². The van der Waals surface area contributed by atoms with Crippen LogP contribution in [0.3, 0.4) is 0 Å². The van der Waals surface area contributed by atoms with E-state index in [1.807, 2.05) is 51.3 Å². The molecule has 0 aliphatic carbocycles. The summed E-state index contributed by atoms with van der Waals surface area (Å²) < 4.78 is 0. The molecule has 1 rings (SSSR count). The van der Waals surface area contributed by atoms with Crippen LogP contribution in [0.25, 0.3) is 5.76 Å². The first-order valence-electron chi connectivity index (χ1n) is 7.75. The maximum absolute atomic E-state index is 11.0. The summed E-state index contributed by atoms with van der Waals surface area (Å²) in [6.07, 6.45) is 8.44. The van der Waals surface area contributed by atoms with Gasteiger partial charge in [0, 0.05) is 22.6 Å². The van der Waals surface area contributed by atoms with E-state index >= 15 is 0 Å². The predicted octanol–water partition coefficient (Wildman–Crippen LogP) is 6.31. The molecule has 0 saturated heterocycles. The van der Waals surface area contributed by atoms with Gasteiger partial charge in [-0.05, 0) is 49.8 Å². The Morgan fingerprint density at radius 2 is 2.08 bits per heavy atom. The minimum atomic E-state index is -0.460. The number of hydrogen-bond donors (Lipinski definition) is 1. The second-order valence-corrected chi connectivity index (χ2v) is 6.04. The third-order valence-corrected chi connectivity index (χ3v) is 4.44. The molecule has 0 spiro atoms. The molecule has 0 aromatic heterocycles. The number of benzene rings is 1. The maximum atomic E-state index is 11.0. The van der Waals surface area contributed by atoms with E-state index in [-0.39, 0.29) is 11.4 Å². The summed E-state index contributed by atoms with van der Waals surface area (Å²) >= 11 is 1.57. The number of nitro benzene ring substituents is 1. The summed E-state index contributed by atoms with van der Waals surface area (Å²) in [6.45, 7) is 7.73. The molecule has 0 saturated carbocycles. The Balaban J connectivity index is 3.31. The molecule has 1 aromatic carbocycles. The van der Waals surface area contributed by atoms with E-state index in [2.05, 4.69) is 0 Å². The minimum Gasteiger partial charge on any atom is -0.507 e. The quantitative estimate of drug-likeness (QED) is 0.272. The Bertz CT molecular complexity index is 715. The highest BCUT2D eigenvalue weighted by Gasteiger charge is 2.12. The van der Waals surface area contributed by atoms with E-state index in [1.165, 1.54) is 12.1 Å². The molecular weight excluding hydrogens is 322 g/mol. The maximum Gasteiger partial charge on any atom is 0.270 e. The Hall–Kier alpha value is -2.27. The Morgan fingerprint density at radius 3 is 2.62 bits per heavy atom. The van der Waals surface area contributed by atoms with Crippen molar-refractivity contribution in [1.29, 1.82) is 0 Å². The van der Waals surface area contributed by atoms with E-state index in [0.717, 1.165) is 22.5 Å². The second-order valence-electron chi connectivity index (χ2n) is 5.09. The number of aliphatic hydroxyl groups excluding tert-OH is 1. The van der Waals surface area contributed by atoms with Crippen LogP contribution in [0.5, 0.6) is 0 Å². The van der Waals surface area contributed by atoms with E-state index < -0.39 is 4.92 Å². The Kier molecular flexibility index (Phi) is 8.06. The van der Waals surface area contributed by atoms with Gasteiger partial charge < -0.3 is 5.11 Å². The molecular formula is C19H23NO3S. The van der Waals surface area contributed by atoms with Gasteiger partial charge in [0.05, 0.1) is 4.92 Å². The van der Waals surface area contributed by atoms with Gasteiger partial charge in [0.2, 0.25) is 0 Å². The molecule has 0 fully saturated rings. The summed E-state index contributed by atoms with van der Waals surface area (Å²) in [6, 6.07) is 4.49. The highest BCUT2D eigenvalue weighted by molar-refractivity contribution is 8.06. The number of thioether (sulfide) groups is 1.